The van der Waals surface area contributed by atoms with Gasteiger partial charge in [0.15, 0.2) is 22.9 Å². The number of hydrogen-bond donors (Lipinski definition) is 3. The van der Waals surface area contributed by atoms with Crippen molar-refractivity contribution in [3.8, 4) is 22.5 Å². The number of hydrogen-bond acceptors (Lipinski definition) is 14. The van der Waals surface area contributed by atoms with Gasteiger partial charge in [-0.2, -0.15) is 0 Å². The van der Waals surface area contributed by atoms with Crippen molar-refractivity contribution >= 4 is 34.6 Å². The molecule has 2 saturated heterocycles. The fraction of sp³-hybridized carbons (Fsp3) is 0.319. The number of piperazine rings is 2. The molecule has 0 spiro atoms. The van der Waals surface area contributed by atoms with Gasteiger partial charge in [0, 0.05) is 138 Å². The van der Waals surface area contributed by atoms with Crippen LogP contribution in [0.25, 0.3) is 33.8 Å². The molecule has 2 aliphatic rings. The third-order valence-corrected chi connectivity index (χ3v) is 11.6. The van der Waals surface area contributed by atoms with Gasteiger partial charge in [0.2, 0.25) is 0 Å². The molecule has 322 valence electrons. The minimum absolute atomic E-state index is 0.631. The predicted octanol–water partition coefficient (Wildman–Crippen LogP) is 5.99. The number of likely N-dealkylation sites (N-methyl/N-ethyl adjacent to an activating group) is 1. The molecular weight excluding hydrogens is 789 g/mol. The molecule has 0 bridgehead atoms. The average molecular weight is 843 g/mol. The van der Waals surface area contributed by atoms with Crippen LogP contribution < -0.4 is 25.8 Å². The largest absolute Gasteiger partial charge is 0.363 e. The summed E-state index contributed by atoms with van der Waals surface area (Å²) in [6.45, 7) is 17.5. The number of aryl methyl sites for hydroxylation is 4. The van der Waals surface area contributed by atoms with Crippen molar-refractivity contribution in [1.82, 2.24) is 58.9 Å². The van der Waals surface area contributed by atoms with Crippen molar-refractivity contribution in [2.24, 2.45) is 0 Å². The molecule has 2 fully saturated rings. The molecule has 0 aliphatic carbocycles. The minimum Gasteiger partial charge on any atom is -0.363 e. The van der Waals surface area contributed by atoms with Crippen LogP contribution in [-0.4, -0.2) is 113 Å². The van der Waals surface area contributed by atoms with E-state index in [1.54, 1.807) is 0 Å². The smallest absolute Gasteiger partial charge is 0.181 e. The van der Waals surface area contributed by atoms with Gasteiger partial charge in [-0.05, 0) is 81.3 Å². The Morgan fingerprint density at radius 2 is 1.00 bits per heavy atom. The fourth-order valence-electron chi connectivity index (χ4n) is 8.28. The number of nitrogens with one attached hydrogen (secondary N) is 3. The number of aromatic nitrogens is 10. The molecule has 16 heteroatoms. The summed E-state index contributed by atoms with van der Waals surface area (Å²) >= 11 is 0. The van der Waals surface area contributed by atoms with Gasteiger partial charge in [-0.15, -0.1) is 0 Å². The summed E-state index contributed by atoms with van der Waals surface area (Å²) in [6.07, 6.45) is 19.0. The molecule has 8 aromatic heterocycles. The Morgan fingerprint density at radius 3 is 1.46 bits per heavy atom. The Morgan fingerprint density at radius 1 is 0.524 bits per heavy atom. The quantitative estimate of drug-likeness (QED) is 0.148. The zero-order valence-electron chi connectivity index (χ0n) is 36.6. The van der Waals surface area contributed by atoms with E-state index >= 15 is 0 Å². The minimum atomic E-state index is 0.631. The van der Waals surface area contributed by atoms with Gasteiger partial charge in [0.25, 0.3) is 0 Å². The summed E-state index contributed by atoms with van der Waals surface area (Å²) < 4.78 is 4.23. The second-order valence-corrected chi connectivity index (χ2v) is 16.3. The van der Waals surface area contributed by atoms with Crippen LogP contribution >= 0.6 is 0 Å². The highest BCUT2D eigenvalue weighted by Gasteiger charge is 2.20. The van der Waals surface area contributed by atoms with E-state index in [1.807, 2.05) is 87.9 Å². The molecule has 0 radical (unpaired) electrons. The van der Waals surface area contributed by atoms with Crippen LogP contribution in [0.5, 0.6) is 0 Å². The van der Waals surface area contributed by atoms with Gasteiger partial charge < -0.3 is 30.7 Å². The van der Waals surface area contributed by atoms with Gasteiger partial charge in [-0.25, -0.2) is 19.9 Å². The monoisotopic (exact) mass is 842 g/mol. The molecule has 0 saturated carbocycles. The predicted molar refractivity (Wildman–Crippen MR) is 249 cm³/mol. The highest BCUT2D eigenvalue weighted by molar-refractivity contribution is 5.69. The maximum Gasteiger partial charge on any atom is 0.181 e. The first-order valence-corrected chi connectivity index (χ1v) is 21.6. The Kier molecular flexibility index (Phi) is 12.1. The summed E-state index contributed by atoms with van der Waals surface area (Å²) in [5.41, 5.74) is 12.3. The first kappa shape index (κ1) is 41.3. The number of pyridine rings is 4. The molecule has 10 heterocycles. The fourth-order valence-corrected chi connectivity index (χ4v) is 8.28. The van der Waals surface area contributed by atoms with E-state index in [0.717, 1.165) is 143 Å². The zero-order chi connectivity index (χ0) is 43.3. The van der Waals surface area contributed by atoms with E-state index in [2.05, 4.69) is 115 Å². The van der Waals surface area contributed by atoms with E-state index in [0.29, 0.717) is 13.1 Å². The van der Waals surface area contributed by atoms with E-state index in [4.69, 9.17) is 9.97 Å². The molecule has 10 rings (SSSR count). The molecule has 3 N–H and O–H groups in total. The second kappa shape index (κ2) is 18.5. The first-order chi connectivity index (χ1) is 30.8. The average Bonchev–Trinajstić information content (AvgIpc) is 3.94. The van der Waals surface area contributed by atoms with Crippen LogP contribution in [-0.2, 0) is 13.1 Å². The highest BCUT2D eigenvalue weighted by atomic mass is 15.3. The molecule has 63 heavy (non-hydrogen) atoms. The number of nitrogens with zero attached hydrogens (tertiary/aromatic N) is 13. The normalized spacial score (nSPS) is 14.5. The van der Waals surface area contributed by atoms with E-state index in [-0.39, 0.29) is 0 Å². The van der Waals surface area contributed by atoms with Crippen molar-refractivity contribution in [1.29, 1.82) is 0 Å². The lowest BCUT2D eigenvalue weighted by Gasteiger charge is -2.33. The lowest BCUT2D eigenvalue weighted by atomic mass is 10.1. The molecular formula is C47H54N16. The maximum absolute atomic E-state index is 4.72. The maximum atomic E-state index is 4.72. The summed E-state index contributed by atoms with van der Waals surface area (Å²) in [5.74, 6) is 3.78. The van der Waals surface area contributed by atoms with Gasteiger partial charge >= 0.3 is 0 Å². The highest BCUT2D eigenvalue weighted by Crippen LogP contribution is 2.26. The molecule has 8 aromatic rings. The van der Waals surface area contributed by atoms with Crippen LogP contribution in [0.15, 0.2) is 98.4 Å². The molecule has 0 amide bonds. The van der Waals surface area contributed by atoms with Crippen LogP contribution in [0.1, 0.15) is 33.6 Å². The lowest BCUT2D eigenvalue weighted by Crippen LogP contribution is -2.44. The van der Waals surface area contributed by atoms with Gasteiger partial charge in [-0.1, -0.05) is 12.1 Å². The van der Waals surface area contributed by atoms with Gasteiger partial charge in [0.05, 0.1) is 23.8 Å². The third kappa shape index (κ3) is 9.27. The zero-order valence-corrected chi connectivity index (χ0v) is 36.6. The summed E-state index contributed by atoms with van der Waals surface area (Å²) in [5, 5.41) is 10.3. The molecule has 0 atom stereocenters. The topological polar surface area (TPSA) is 158 Å². The van der Waals surface area contributed by atoms with E-state index < -0.39 is 0 Å². The van der Waals surface area contributed by atoms with Crippen molar-refractivity contribution in [2.45, 2.75) is 40.8 Å². The summed E-state index contributed by atoms with van der Waals surface area (Å²) in [7, 11) is 2.17. The van der Waals surface area contributed by atoms with Crippen molar-refractivity contribution < 1.29 is 0 Å². The standard InChI is InChI=1S/C24H28N8.C23H26N8/c1-17-12-19(14-27-22(17)20-4-5-25-18(2)13-20)15-28-23-24-29-16-21(32(24)7-6-26-23)31-10-8-30(3)9-11-31;1-16-11-18(13-27-21(16)19-3-4-25-17(2)12-19)14-28-22-23-29-15-20(31(23)10-7-26-22)30-8-5-24-6-9-30/h4-7,12-14,16H,8-11,15H2,1-3H3,(H,26,28);3-4,7,10-13,15,24H,5-6,8-9,14H2,1-2H3,(H,26,28). The van der Waals surface area contributed by atoms with Crippen molar-refractivity contribution in [2.75, 3.05) is 79.8 Å². The second-order valence-electron chi connectivity index (χ2n) is 16.3. The molecule has 16 nitrogen and oxygen atoms in total. The Labute approximate surface area is 367 Å². The van der Waals surface area contributed by atoms with E-state index in [1.165, 1.54) is 0 Å². The number of anilines is 4. The van der Waals surface area contributed by atoms with Crippen LogP contribution in [0.3, 0.4) is 0 Å². The lowest BCUT2D eigenvalue weighted by molar-refractivity contribution is 0.312. The number of rotatable bonds is 10. The van der Waals surface area contributed by atoms with Gasteiger partial charge in [0.1, 0.15) is 11.6 Å². The Hall–Kier alpha value is -7.04. The third-order valence-electron chi connectivity index (χ3n) is 11.6. The molecule has 0 aromatic carbocycles. The Bertz CT molecular complexity index is 2840. The van der Waals surface area contributed by atoms with Crippen molar-refractivity contribution in [3.05, 3.63) is 132 Å². The Balaban J connectivity index is 0.000000160. The van der Waals surface area contributed by atoms with Gasteiger partial charge in [-0.3, -0.25) is 28.7 Å². The number of imidazole rings is 2. The van der Waals surface area contributed by atoms with Crippen LogP contribution in [0, 0.1) is 27.7 Å². The first-order valence-electron chi connectivity index (χ1n) is 21.6. The van der Waals surface area contributed by atoms with Crippen LogP contribution in [0.4, 0.5) is 23.3 Å². The molecule has 0 unspecified atom stereocenters. The number of fused-ring (bicyclic) bond motifs is 2. The van der Waals surface area contributed by atoms with E-state index in [9.17, 15) is 0 Å². The summed E-state index contributed by atoms with van der Waals surface area (Å²) in [6, 6.07) is 12.5. The SMILES string of the molecule is Cc1cc(-c2ncc(CNc3nccn4c(N5CCN(C)CC5)cnc34)cc2C)ccn1.Cc1cc(-c2ncc(CNc3nccn4c(N5CCNCC5)cnc34)cc2C)ccn1. The summed E-state index contributed by atoms with van der Waals surface area (Å²) in [4.78, 5) is 43.4. The van der Waals surface area contributed by atoms with Crippen molar-refractivity contribution in [3.63, 3.8) is 0 Å². The molecule has 2 aliphatic heterocycles. The van der Waals surface area contributed by atoms with Crippen LogP contribution in [0.2, 0.25) is 0 Å².